The Morgan fingerprint density at radius 2 is 1.50 bits per heavy atom. The molecule has 0 bridgehead atoms. The van der Waals surface area contributed by atoms with E-state index < -0.39 is 15.3 Å². The van der Waals surface area contributed by atoms with E-state index in [0.29, 0.717) is 39.1 Å². The largest absolute Gasteiger partial charge is 0.371 e. The second kappa shape index (κ2) is 9.44. The molecule has 1 N–H and O–H groups in total. The van der Waals surface area contributed by atoms with Crippen molar-refractivity contribution < 1.29 is 13.2 Å². The fourth-order valence-electron chi connectivity index (χ4n) is 4.17. The van der Waals surface area contributed by atoms with E-state index in [2.05, 4.69) is 10.3 Å². The number of para-hydroxylation sites is 1. The van der Waals surface area contributed by atoms with Gasteiger partial charge in [-0.25, -0.2) is 18.9 Å². The van der Waals surface area contributed by atoms with Crippen LogP contribution < -0.4 is 10.4 Å². The molecule has 0 unspecified atom stereocenters. The van der Waals surface area contributed by atoms with Gasteiger partial charge in [-0.2, -0.15) is 4.31 Å². The van der Waals surface area contributed by atoms with Crippen LogP contribution in [0.25, 0.3) is 0 Å². The molecule has 2 aliphatic heterocycles. The van der Waals surface area contributed by atoms with Crippen LogP contribution in [0.15, 0.2) is 71.9 Å². The molecule has 1 amide bonds. The van der Waals surface area contributed by atoms with Crippen molar-refractivity contribution in [1.29, 1.82) is 0 Å². The maximum atomic E-state index is 13.6. The Bertz CT molecular complexity index is 1080. The highest BCUT2D eigenvalue weighted by Gasteiger charge is 2.34. The molecule has 0 aromatic heterocycles. The topological polar surface area (TPSA) is 73.0 Å². The van der Waals surface area contributed by atoms with Crippen molar-refractivity contribution in [1.82, 2.24) is 14.6 Å². The Kier molecular flexibility index (Phi) is 6.64. The lowest BCUT2D eigenvalue weighted by Gasteiger charge is -2.41. The number of hydrazine groups is 1. The van der Waals surface area contributed by atoms with Gasteiger partial charge in [0.15, 0.2) is 0 Å². The highest BCUT2D eigenvalue weighted by molar-refractivity contribution is 7.89. The van der Waals surface area contributed by atoms with Gasteiger partial charge in [0.2, 0.25) is 10.0 Å². The number of amides is 1. The van der Waals surface area contributed by atoms with E-state index in [1.165, 1.54) is 0 Å². The molecule has 1 fully saturated rings. The van der Waals surface area contributed by atoms with Crippen LogP contribution >= 0.6 is 0 Å². The van der Waals surface area contributed by atoms with Crippen LogP contribution in [0.3, 0.4) is 0 Å². The van der Waals surface area contributed by atoms with E-state index >= 15 is 0 Å². The molecule has 8 heteroatoms. The van der Waals surface area contributed by atoms with Crippen molar-refractivity contribution in [3.63, 3.8) is 0 Å². The number of carbonyl (C=O) groups is 1. The first kappa shape index (κ1) is 22.5. The molecule has 2 aromatic rings. The molecule has 0 radical (unpaired) electrons. The first-order chi connectivity index (χ1) is 15.4. The third-order valence-electron chi connectivity index (χ3n) is 6.03. The second-order valence-corrected chi connectivity index (χ2v) is 10.9. The number of hydrogen-bond acceptors (Lipinski definition) is 5. The number of nitrogens with zero attached hydrogens (tertiary/aromatic N) is 3. The smallest absolute Gasteiger partial charge is 0.270 e. The Labute approximate surface area is 190 Å². The molecule has 0 aliphatic carbocycles. The predicted octanol–water partition coefficient (Wildman–Crippen LogP) is 2.39. The quantitative estimate of drug-likeness (QED) is 0.726. The lowest BCUT2D eigenvalue weighted by molar-refractivity contribution is -0.116. The molecular formula is C24H30N4O3S. The lowest BCUT2D eigenvalue weighted by Crippen LogP contribution is -2.55. The average molecular weight is 455 g/mol. The van der Waals surface area contributed by atoms with Crippen LogP contribution in [-0.4, -0.2) is 61.5 Å². The lowest BCUT2D eigenvalue weighted by atomic mass is 9.99. The number of piperazine rings is 1. The van der Waals surface area contributed by atoms with Crippen molar-refractivity contribution in [2.24, 2.45) is 0 Å². The van der Waals surface area contributed by atoms with Crippen molar-refractivity contribution >= 4 is 21.6 Å². The maximum Gasteiger partial charge on any atom is 0.270 e. The Balaban J connectivity index is 1.61. The highest BCUT2D eigenvalue weighted by Crippen LogP contribution is 2.26. The molecule has 2 aliphatic rings. The minimum atomic E-state index is -3.27. The van der Waals surface area contributed by atoms with Gasteiger partial charge >= 0.3 is 0 Å². The van der Waals surface area contributed by atoms with E-state index in [1.54, 1.807) is 23.2 Å². The Morgan fingerprint density at radius 3 is 2.09 bits per heavy atom. The van der Waals surface area contributed by atoms with E-state index in [1.807, 2.05) is 60.7 Å². The zero-order valence-corrected chi connectivity index (χ0v) is 19.4. The molecule has 4 rings (SSSR count). The summed E-state index contributed by atoms with van der Waals surface area (Å²) >= 11 is 0. The van der Waals surface area contributed by atoms with E-state index in [0.717, 1.165) is 22.5 Å². The predicted molar refractivity (Wildman–Crippen MR) is 126 cm³/mol. The summed E-state index contributed by atoms with van der Waals surface area (Å²) in [5.74, 6) is -0.0708. The number of carbonyl (C=O) groups excluding carboxylic acids is 1. The van der Waals surface area contributed by atoms with E-state index in [4.69, 9.17) is 0 Å². The van der Waals surface area contributed by atoms with Crippen molar-refractivity contribution in [3.05, 3.63) is 77.5 Å². The summed E-state index contributed by atoms with van der Waals surface area (Å²) in [6, 6.07) is 19.5. The fourth-order valence-corrected chi connectivity index (χ4v) is 5.44. The third kappa shape index (κ3) is 4.57. The maximum absolute atomic E-state index is 13.6. The van der Waals surface area contributed by atoms with Gasteiger partial charge in [0.25, 0.3) is 5.91 Å². The molecule has 32 heavy (non-hydrogen) atoms. The molecule has 0 saturated carbocycles. The molecule has 2 heterocycles. The van der Waals surface area contributed by atoms with Crippen LogP contribution in [0, 0.1) is 0 Å². The van der Waals surface area contributed by atoms with Gasteiger partial charge in [0.05, 0.1) is 17.5 Å². The summed E-state index contributed by atoms with van der Waals surface area (Å²) < 4.78 is 26.7. The first-order valence-electron chi connectivity index (χ1n) is 11.0. The normalized spacial score (nSPS) is 18.5. The number of sulfonamides is 1. The molecule has 0 atom stereocenters. The van der Waals surface area contributed by atoms with Crippen LogP contribution in [0.4, 0.5) is 5.69 Å². The summed E-state index contributed by atoms with van der Waals surface area (Å²) in [6.07, 6.45) is 0.532. The number of anilines is 1. The monoisotopic (exact) mass is 454 g/mol. The van der Waals surface area contributed by atoms with Gasteiger partial charge in [-0.3, -0.25) is 4.79 Å². The van der Waals surface area contributed by atoms with Gasteiger partial charge in [-0.15, -0.1) is 0 Å². The van der Waals surface area contributed by atoms with Crippen LogP contribution in [0.5, 0.6) is 0 Å². The number of benzene rings is 2. The van der Waals surface area contributed by atoms with Crippen molar-refractivity contribution in [3.8, 4) is 0 Å². The average Bonchev–Trinajstić information content (AvgIpc) is 2.81. The highest BCUT2D eigenvalue weighted by atomic mass is 32.2. The van der Waals surface area contributed by atoms with Gasteiger partial charge < -0.3 is 4.90 Å². The van der Waals surface area contributed by atoms with E-state index in [9.17, 15) is 13.2 Å². The molecule has 7 nitrogen and oxygen atoms in total. The Hall–Kier alpha value is -2.68. The number of hydrogen-bond donors (Lipinski definition) is 1. The van der Waals surface area contributed by atoms with Gasteiger partial charge in [-0.05, 0) is 31.5 Å². The summed E-state index contributed by atoms with van der Waals surface area (Å²) in [5, 5.41) is 1.18. The minimum Gasteiger partial charge on any atom is -0.371 e. The van der Waals surface area contributed by atoms with Crippen molar-refractivity contribution in [2.45, 2.75) is 25.5 Å². The summed E-state index contributed by atoms with van der Waals surface area (Å²) in [4.78, 5) is 15.7. The zero-order chi connectivity index (χ0) is 22.7. The molecule has 170 valence electrons. The molecule has 1 saturated heterocycles. The minimum absolute atomic E-state index is 0.0708. The van der Waals surface area contributed by atoms with Gasteiger partial charge in [0.1, 0.15) is 0 Å². The Morgan fingerprint density at radius 1 is 0.906 bits per heavy atom. The SMILES string of the molecule is CC(C)S(=O)(=O)N1CCN(C2=C(Cc3ccccc3)C(=O)N(c3ccccc3)NC2)CC1. The standard InChI is InChI=1S/C24H30N4O3S/c1-19(2)32(30,31)27-15-13-26(14-16-27)23-18-25-28(21-11-7-4-8-12-21)24(29)22(23)17-20-9-5-3-6-10-20/h3-12,19,25H,13-18H2,1-2H3. The second-order valence-electron chi connectivity index (χ2n) is 8.38. The number of rotatable bonds is 6. The number of nitrogens with one attached hydrogen (secondary N) is 1. The summed E-state index contributed by atoms with van der Waals surface area (Å²) in [7, 11) is -3.27. The van der Waals surface area contributed by atoms with Crippen LogP contribution in [-0.2, 0) is 21.2 Å². The third-order valence-corrected chi connectivity index (χ3v) is 8.30. The first-order valence-corrected chi connectivity index (χ1v) is 12.5. The molecule has 0 spiro atoms. The summed E-state index contributed by atoms with van der Waals surface area (Å²) in [5.41, 5.74) is 6.84. The summed E-state index contributed by atoms with van der Waals surface area (Å²) in [6.45, 7) is 5.94. The van der Waals surface area contributed by atoms with Crippen molar-refractivity contribution in [2.75, 3.05) is 37.7 Å². The zero-order valence-electron chi connectivity index (χ0n) is 18.6. The molecule has 2 aromatic carbocycles. The fraction of sp³-hybridized carbons (Fsp3) is 0.375. The van der Waals surface area contributed by atoms with Crippen LogP contribution in [0.2, 0.25) is 0 Å². The van der Waals surface area contributed by atoms with E-state index in [-0.39, 0.29) is 5.91 Å². The molecular weight excluding hydrogens is 424 g/mol. The van der Waals surface area contributed by atoms with Gasteiger partial charge in [-0.1, -0.05) is 48.5 Å². The van der Waals surface area contributed by atoms with Gasteiger partial charge in [0, 0.05) is 43.9 Å². The van der Waals surface area contributed by atoms with Crippen LogP contribution in [0.1, 0.15) is 19.4 Å².